The first kappa shape index (κ1) is 31.9. The number of anilines is 3. The average Bonchev–Trinajstić information content (AvgIpc) is 3.52. The number of halogens is 3. The van der Waals surface area contributed by atoms with Crippen molar-refractivity contribution in [1.29, 1.82) is 0 Å². The minimum absolute atomic E-state index is 0.0325. The Balaban J connectivity index is 1.28. The van der Waals surface area contributed by atoms with Gasteiger partial charge in [0.2, 0.25) is 27.9 Å². The molecule has 13 heteroatoms. The minimum Gasteiger partial charge on any atom is -0.354 e. The SMILES string of the molecule is C=CCCNc1nc(NCc2ccc(-c3ccccc3)cc2)nc(N2CCC[C@@H]2CNS(=O)(=O)c2ccc(C(F)(F)F)cc2)n1. The molecule has 0 amide bonds. The van der Waals surface area contributed by atoms with Gasteiger partial charge < -0.3 is 15.5 Å². The number of nitrogens with one attached hydrogen (secondary N) is 3. The van der Waals surface area contributed by atoms with E-state index < -0.39 is 21.8 Å². The van der Waals surface area contributed by atoms with Crippen molar-refractivity contribution in [2.24, 2.45) is 0 Å². The number of benzene rings is 3. The molecule has 3 aromatic carbocycles. The fourth-order valence-corrected chi connectivity index (χ4v) is 6.06. The molecule has 0 unspecified atom stereocenters. The summed E-state index contributed by atoms with van der Waals surface area (Å²) in [7, 11) is -4.04. The van der Waals surface area contributed by atoms with Crippen LogP contribution in [-0.4, -0.2) is 49.0 Å². The zero-order chi connectivity index (χ0) is 31.9. The Hall–Kier alpha value is -4.49. The molecule has 1 aliphatic rings. The fourth-order valence-electron chi connectivity index (χ4n) is 4.99. The maximum Gasteiger partial charge on any atom is 0.416 e. The third-order valence-electron chi connectivity index (χ3n) is 7.40. The van der Waals surface area contributed by atoms with Gasteiger partial charge in [-0.15, -0.1) is 6.58 Å². The first-order chi connectivity index (χ1) is 21.6. The molecule has 1 fully saturated rings. The average molecular weight is 638 g/mol. The molecular formula is C32H34F3N7O2S. The Morgan fingerprint density at radius 2 is 1.56 bits per heavy atom. The van der Waals surface area contributed by atoms with Crippen molar-refractivity contribution in [2.45, 2.75) is 42.9 Å². The second-order valence-electron chi connectivity index (χ2n) is 10.6. The van der Waals surface area contributed by atoms with Gasteiger partial charge in [-0.1, -0.05) is 60.7 Å². The van der Waals surface area contributed by atoms with Gasteiger partial charge in [0.05, 0.1) is 10.5 Å². The van der Waals surface area contributed by atoms with Gasteiger partial charge in [-0.3, -0.25) is 0 Å². The summed E-state index contributed by atoms with van der Waals surface area (Å²) in [5.41, 5.74) is 2.37. The maximum atomic E-state index is 12.9. The molecule has 1 aromatic heterocycles. The highest BCUT2D eigenvalue weighted by molar-refractivity contribution is 7.89. The topological polar surface area (TPSA) is 112 Å². The van der Waals surface area contributed by atoms with Crippen LogP contribution in [0.15, 0.2) is 96.4 Å². The van der Waals surface area contributed by atoms with Crippen LogP contribution in [0.3, 0.4) is 0 Å². The summed E-state index contributed by atoms with van der Waals surface area (Å²) in [6.45, 7) is 5.42. The normalized spacial score (nSPS) is 15.2. The summed E-state index contributed by atoms with van der Waals surface area (Å²) in [6.07, 6.45) is -0.599. The first-order valence-electron chi connectivity index (χ1n) is 14.5. The van der Waals surface area contributed by atoms with Gasteiger partial charge in [-0.05, 0) is 60.2 Å². The van der Waals surface area contributed by atoms with Crippen LogP contribution in [0.2, 0.25) is 0 Å². The molecule has 1 saturated heterocycles. The number of nitrogens with zero attached hydrogens (tertiary/aromatic N) is 4. The fraction of sp³-hybridized carbons (Fsp3) is 0.281. The zero-order valence-electron chi connectivity index (χ0n) is 24.5. The standard InChI is InChI=1S/C32H34F3N7O2S/c1-2-3-19-36-29-39-30(37-21-23-11-13-25(14-12-23)24-8-5-4-6-9-24)41-31(40-29)42-20-7-10-27(42)22-38-45(43,44)28-17-15-26(16-18-28)32(33,34)35/h2,4-6,8-9,11-18,27,38H,1,3,7,10,19-22H2,(H2,36,37,39,40,41)/t27-/m1/s1. The van der Waals surface area contributed by atoms with Crippen LogP contribution in [0, 0.1) is 0 Å². The highest BCUT2D eigenvalue weighted by Crippen LogP contribution is 2.30. The Bertz CT molecular complexity index is 1690. The summed E-state index contributed by atoms with van der Waals surface area (Å²) in [6, 6.07) is 21.5. The predicted molar refractivity (Wildman–Crippen MR) is 169 cm³/mol. The maximum absolute atomic E-state index is 12.9. The van der Waals surface area contributed by atoms with Crippen molar-refractivity contribution in [3.05, 3.63) is 103 Å². The van der Waals surface area contributed by atoms with Crippen molar-refractivity contribution < 1.29 is 21.6 Å². The Morgan fingerprint density at radius 3 is 2.22 bits per heavy atom. The molecule has 236 valence electrons. The Morgan fingerprint density at radius 1 is 0.889 bits per heavy atom. The number of alkyl halides is 3. The second kappa shape index (κ2) is 14.1. The van der Waals surface area contributed by atoms with Gasteiger partial charge in [0.25, 0.3) is 0 Å². The lowest BCUT2D eigenvalue weighted by atomic mass is 10.0. The van der Waals surface area contributed by atoms with Gasteiger partial charge in [0.15, 0.2) is 0 Å². The van der Waals surface area contributed by atoms with Crippen LogP contribution >= 0.6 is 0 Å². The number of aromatic nitrogens is 3. The molecule has 3 N–H and O–H groups in total. The summed E-state index contributed by atoms with van der Waals surface area (Å²) < 4.78 is 67.1. The van der Waals surface area contributed by atoms with Crippen LogP contribution in [0.4, 0.5) is 31.0 Å². The van der Waals surface area contributed by atoms with E-state index in [0.717, 1.165) is 47.4 Å². The van der Waals surface area contributed by atoms with E-state index >= 15 is 0 Å². The predicted octanol–water partition coefficient (Wildman–Crippen LogP) is 6.10. The van der Waals surface area contributed by atoms with E-state index in [0.29, 0.717) is 50.3 Å². The van der Waals surface area contributed by atoms with E-state index in [1.165, 1.54) is 0 Å². The smallest absolute Gasteiger partial charge is 0.354 e. The van der Waals surface area contributed by atoms with E-state index in [1.54, 1.807) is 6.08 Å². The van der Waals surface area contributed by atoms with E-state index in [9.17, 15) is 21.6 Å². The second-order valence-corrected chi connectivity index (χ2v) is 12.3. The van der Waals surface area contributed by atoms with Crippen molar-refractivity contribution in [3.63, 3.8) is 0 Å². The van der Waals surface area contributed by atoms with E-state index in [-0.39, 0.29) is 17.5 Å². The van der Waals surface area contributed by atoms with Crippen molar-refractivity contribution in [3.8, 4) is 11.1 Å². The summed E-state index contributed by atoms with van der Waals surface area (Å²) in [5, 5.41) is 6.47. The largest absolute Gasteiger partial charge is 0.416 e. The first-order valence-corrected chi connectivity index (χ1v) is 16.0. The van der Waals surface area contributed by atoms with Crippen LogP contribution in [-0.2, 0) is 22.7 Å². The molecule has 5 rings (SSSR count). The minimum atomic E-state index is -4.55. The van der Waals surface area contributed by atoms with Gasteiger partial charge in [-0.25, -0.2) is 13.1 Å². The number of hydrogen-bond acceptors (Lipinski definition) is 8. The van der Waals surface area contributed by atoms with E-state index in [4.69, 9.17) is 0 Å². The molecule has 1 aliphatic heterocycles. The van der Waals surface area contributed by atoms with Crippen molar-refractivity contribution in [2.75, 3.05) is 35.2 Å². The number of rotatable bonds is 13. The molecule has 1 atom stereocenters. The Labute approximate surface area is 260 Å². The van der Waals surface area contributed by atoms with Gasteiger partial charge in [-0.2, -0.15) is 28.1 Å². The van der Waals surface area contributed by atoms with E-state index in [2.05, 4.69) is 61.2 Å². The lowest BCUT2D eigenvalue weighted by molar-refractivity contribution is -0.137. The van der Waals surface area contributed by atoms with Gasteiger partial charge >= 0.3 is 6.18 Å². The summed E-state index contributed by atoms with van der Waals surface area (Å²) in [5.74, 6) is 1.13. The monoisotopic (exact) mass is 637 g/mol. The molecule has 0 radical (unpaired) electrons. The van der Waals surface area contributed by atoms with Crippen molar-refractivity contribution in [1.82, 2.24) is 19.7 Å². The van der Waals surface area contributed by atoms with Crippen molar-refractivity contribution >= 4 is 27.9 Å². The lowest BCUT2D eigenvalue weighted by Crippen LogP contribution is -2.41. The molecule has 2 heterocycles. The van der Waals surface area contributed by atoms with Crippen LogP contribution in [0.1, 0.15) is 30.4 Å². The third kappa shape index (κ3) is 8.37. The van der Waals surface area contributed by atoms with Gasteiger partial charge in [0, 0.05) is 32.2 Å². The molecule has 0 spiro atoms. The Kier molecular flexibility index (Phi) is 9.99. The molecule has 0 bridgehead atoms. The molecular weight excluding hydrogens is 603 g/mol. The van der Waals surface area contributed by atoms with Crippen LogP contribution < -0.4 is 20.3 Å². The molecule has 9 nitrogen and oxygen atoms in total. The van der Waals surface area contributed by atoms with Crippen LogP contribution in [0.5, 0.6) is 0 Å². The number of hydrogen-bond donors (Lipinski definition) is 3. The lowest BCUT2D eigenvalue weighted by Gasteiger charge is -2.25. The van der Waals surface area contributed by atoms with Crippen LogP contribution in [0.25, 0.3) is 11.1 Å². The summed E-state index contributed by atoms with van der Waals surface area (Å²) >= 11 is 0. The van der Waals surface area contributed by atoms with Gasteiger partial charge in [0.1, 0.15) is 0 Å². The molecule has 4 aromatic rings. The van der Waals surface area contributed by atoms with E-state index in [1.807, 2.05) is 35.2 Å². The summed E-state index contributed by atoms with van der Waals surface area (Å²) in [4.78, 5) is 15.5. The number of sulfonamides is 1. The molecule has 0 saturated carbocycles. The quantitative estimate of drug-likeness (QED) is 0.119. The zero-order valence-corrected chi connectivity index (χ0v) is 25.3. The highest BCUT2D eigenvalue weighted by atomic mass is 32.2. The molecule has 45 heavy (non-hydrogen) atoms. The third-order valence-corrected chi connectivity index (χ3v) is 8.84. The molecule has 0 aliphatic carbocycles. The highest BCUT2D eigenvalue weighted by Gasteiger charge is 2.32.